The van der Waals surface area contributed by atoms with E-state index in [1.807, 2.05) is 23.1 Å². The topological polar surface area (TPSA) is 116 Å². The predicted octanol–water partition coefficient (Wildman–Crippen LogP) is 1.76. The summed E-state index contributed by atoms with van der Waals surface area (Å²) in [4.78, 5) is 47.5. The van der Waals surface area contributed by atoms with Crippen LogP contribution in [0.2, 0.25) is 0 Å². The summed E-state index contributed by atoms with van der Waals surface area (Å²) in [5, 5.41) is 0. The fourth-order valence-electron chi connectivity index (χ4n) is 4.49. The van der Waals surface area contributed by atoms with Crippen LogP contribution in [0.3, 0.4) is 0 Å². The number of aryl methyl sites for hydroxylation is 4. The van der Waals surface area contributed by atoms with E-state index in [2.05, 4.69) is 9.97 Å². The number of nitrogens with two attached hydrogens (primary N) is 1. The summed E-state index contributed by atoms with van der Waals surface area (Å²) in [6.07, 6.45) is 5.13. The number of likely N-dealkylation sites (tertiary alicyclic amines) is 1. The number of hydrogen-bond acceptors (Lipinski definition) is 5. The maximum atomic E-state index is 13.1. The highest BCUT2D eigenvalue weighted by molar-refractivity contribution is 5.93. The van der Waals surface area contributed by atoms with Crippen molar-refractivity contribution in [3.05, 3.63) is 57.5 Å². The summed E-state index contributed by atoms with van der Waals surface area (Å²) < 4.78 is 3.24. The number of carbonyl (C=O) groups is 2. The van der Waals surface area contributed by atoms with E-state index >= 15 is 0 Å². The summed E-state index contributed by atoms with van der Waals surface area (Å²) in [5.41, 5.74) is 8.87. The van der Waals surface area contributed by atoms with Gasteiger partial charge in [0.25, 0.3) is 5.91 Å². The van der Waals surface area contributed by atoms with Gasteiger partial charge in [0.1, 0.15) is 0 Å². The molecule has 0 saturated carbocycles. The first-order chi connectivity index (χ1) is 15.3. The summed E-state index contributed by atoms with van der Waals surface area (Å²) >= 11 is 0. The molecule has 9 heteroatoms. The summed E-state index contributed by atoms with van der Waals surface area (Å²) in [7, 11) is 3.51. The lowest BCUT2D eigenvalue weighted by atomic mass is 9.99. The summed E-state index contributed by atoms with van der Waals surface area (Å²) in [6, 6.07) is 5.68. The number of primary amides is 1. The van der Waals surface area contributed by atoms with Gasteiger partial charge >= 0.3 is 5.69 Å². The largest absolute Gasteiger partial charge is 0.365 e. The van der Waals surface area contributed by atoms with Crippen LogP contribution in [-0.4, -0.2) is 42.4 Å². The Balaban J connectivity index is 1.51. The molecule has 9 nitrogen and oxygen atoms in total. The van der Waals surface area contributed by atoms with E-state index < -0.39 is 5.91 Å². The molecule has 32 heavy (non-hydrogen) atoms. The number of piperidine rings is 1. The van der Waals surface area contributed by atoms with E-state index in [1.165, 1.54) is 6.20 Å². The fraction of sp³-hybridized carbons (Fsp3) is 0.435. The lowest BCUT2D eigenvalue weighted by Crippen LogP contribution is -2.39. The second-order valence-corrected chi connectivity index (χ2v) is 8.41. The predicted molar refractivity (Wildman–Crippen MR) is 120 cm³/mol. The molecule has 0 bridgehead atoms. The number of nitrogens with zero attached hydrogens (tertiary/aromatic N) is 5. The van der Waals surface area contributed by atoms with Gasteiger partial charge in [0.15, 0.2) is 5.82 Å². The third-order valence-electron chi connectivity index (χ3n) is 6.35. The Labute approximate surface area is 185 Å². The van der Waals surface area contributed by atoms with Gasteiger partial charge in [-0.1, -0.05) is 6.07 Å². The van der Waals surface area contributed by atoms with Crippen molar-refractivity contribution < 1.29 is 9.59 Å². The summed E-state index contributed by atoms with van der Waals surface area (Å²) in [5.74, 6) is 0.0525. The fourth-order valence-corrected chi connectivity index (χ4v) is 4.49. The van der Waals surface area contributed by atoms with Gasteiger partial charge in [-0.05, 0) is 50.3 Å². The highest BCUT2D eigenvalue weighted by Crippen LogP contribution is 2.30. The Morgan fingerprint density at radius 3 is 2.62 bits per heavy atom. The Kier molecular flexibility index (Phi) is 5.82. The molecule has 2 amide bonds. The molecule has 4 rings (SSSR count). The Morgan fingerprint density at radius 1 is 1.16 bits per heavy atom. The SMILES string of the molecule is Cc1nc([C@@H]2CCCCN2C(=O)CCc2ccc3c(c2)n(C)c(=O)n3C)ncc1C(N)=O. The van der Waals surface area contributed by atoms with Gasteiger partial charge in [-0.2, -0.15) is 0 Å². The van der Waals surface area contributed by atoms with Crippen LogP contribution in [0.1, 0.15) is 59.2 Å². The van der Waals surface area contributed by atoms with Crippen LogP contribution in [0.15, 0.2) is 29.2 Å². The molecular weight excluding hydrogens is 408 g/mol. The van der Waals surface area contributed by atoms with Crippen LogP contribution in [-0.2, 0) is 25.3 Å². The van der Waals surface area contributed by atoms with Crippen molar-refractivity contribution in [1.82, 2.24) is 24.0 Å². The first kappa shape index (κ1) is 21.7. The molecule has 1 fully saturated rings. The third kappa shape index (κ3) is 3.90. The van der Waals surface area contributed by atoms with Gasteiger partial charge in [-0.15, -0.1) is 0 Å². The Bertz CT molecular complexity index is 1260. The smallest absolute Gasteiger partial charge is 0.328 e. The average Bonchev–Trinajstić information content (AvgIpc) is 3.00. The maximum absolute atomic E-state index is 13.1. The first-order valence-electron chi connectivity index (χ1n) is 10.8. The van der Waals surface area contributed by atoms with E-state index in [9.17, 15) is 14.4 Å². The zero-order valence-electron chi connectivity index (χ0n) is 18.7. The monoisotopic (exact) mass is 436 g/mol. The molecule has 168 valence electrons. The lowest BCUT2D eigenvalue weighted by Gasteiger charge is -2.35. The van der Waals surface area contributed by atoms with Gasteiger partial charge in [-0.25, -0.2) is 14.8 Å². The Hall–Kier alpha value is -3.49. The van der Waals surface area contributed by atoms with E-state index in [0.717, 1.165) is 35.9 Å². The van der Waals surface area contributed by atoms with Gasteiger partial charge in [-0.3, -0.25) is 18.7 Å². The van der Waals surface area contributed by atoms with Crippen LogP contribution >= 0.6 is 0 Å². The molecule has 1 aromatic carbocycles. The number of benzene rings is 1. The minimum absolute atomic E-state index is 0.0528. The highest BCUT2D eigenvalue weighted by Gasteiger charge is 2.30. The van der Waals surface area contributed by atoms with Gasteiger partial charge in [0, 0.05) is 33.3 Å². The normalized spacial score (nSPS) is 16.5. The van der Waals surface area contributed by atoms with Crippen LogP contribution in [0.5, 0.6) is 0 Å². The van der Waals surface area contributed by atoms with Crippen molar-refractivity contribution in [3.8, 4) is 0 Å². The Morgan fingerprint density at radius 2 is 1.91 bits per heavy atom. The van der Waals surface area contributed by atoms with Crippen molar-refractivity contribution in [2.75, 3.05) is 6.54 Å². The molecule has 2 aromatic heterocycles. The minimum atomic E-state index is -0.557. The van der Waals surface area contributed by atoms with Crippen LogP contribution in [0, 0.1) is 6.92 Å². The van der Waals surface area contributed by atoms with Crippen LogP contribution < -0.4 is 11.4 Å². The number of imidazole rings is 1. The molecule has 0 spiro atoms. The molecule has 2 N–H and O–H groups in total. The number of aromatic nitrogens is 4. The zero-order valence-corrected chi connectivity index (χ0v) is 18.7. The number of hydrogen-bond donors (Lipinski definition) is 1. The minimum Gasteiger partial charge on any atom is -0.365 e. The van der Waals surface area contributed by atoms with Crippen molar-refractivity contribution in [3.63, 3.8) is 0 Å². The van der Waals surface area contributed by atoms with Gasteiger partial charge < -0.3 is 10.6 Å². The van der Waals surface area contributed by atoms with Crippen LogP contribution in [0.4, 0.5) is 0 Å². The zero-order chi connectivity index (χ0) is 23.0. The van der Waals surface area contributed by atoms with Crippen molar-refractivity contribution >= 4 is 22.8 Å². The van der Waals surface area contributed by atoms with E-state index in [-0.39, 0.29) is 17.6 Å². The molecule has 0 unspecified atom stereocenters. The number of carbonyl (C=O) groups excluding carboxylic acids is 2. The summed E-state index contributed by atoms with van der Waals surface area (Å²) in [6.45, 7) is 2.39. The maximum Gasteiger partial charge on any atom is 0.328 e. The first-order valence-corrected chi connectivity index (χ1v) is 10.8. The van der Waals surface area contributed by atoms with Gasteiger partial charge in [0.2, 0.25) is 5.91 Å². The molecule has 3 aromatic rings. The van der Waals surface area contributed by atoms with Crippen molar-refractivity contribution in [1.29, 1.82) is 0 Å². The average molecular weight is 437 g/mol. The number of fused-ring (bicyclic) bond motifs is 1. The molecule has 0 aliphatic carbocycles. The molecule has 1 aliphatic rings. The number of amides is 2. The lowest BCUT2D eigenvalue weighted by molar-refractivity contribution is -0.135. The second-order valence-electron chi connectivity index (χ2n) is 8.41. The van der Waals surface area contributed by atoms with E-state index in [0.29, 0.717) is 36.5 Å². The van der Waals surface area contributed by atoms with E-state index in [1.54, 1.807) is 30.2 Å². The van der Waals surface area contributed by atoms with Crippen LogP contribution in [0.25, 0.3) is 11.0 Å². The quantitative estimate of drug-likeness (QED) is 0.654. The standard InChI is InChI=1S/C23H28N6O3/c1-14-16(21(24)31)13-25-22(26-14)18-6-4-5-11-29(18)20(30)10-8-15-7-9-17-19(12-15)28(3)23(32)27(17)2/h7,9,12-13,18H,4-6,8,10-11H2,1-3H3,(H2,24,31)/t18-/m0/s1. The third-order valence-corrected chi connectivity index (χ3v) is 6.35. The van der Waals surface area contributed by atoms with E-state index in [4.69, 9.17) is 5.73 Å². The number of rotatable bonds is 5. The molecular formula is C23H28N6O3. The highest BCUT2D eigenvalue weighted by atomic mass is 16.2. The van der Waals surface area contributed by atoms with Crippen molar-refractivity contribution in [2.24, 2.45) is 19.8 Å². The molecule has 3 heterocycles. The second kappa shape index (κ2) is 8.57. The molecule has 1 atom stereocenters. The molecule has 1 aliphatic heterocycles. The van der Waals surface area contributed by atoms with Crippen molar-refractivity contribution in [2.45, 2.75) is 45.1 Å². The molecule has 0 radical (unpaired) electrons. The van der Waals surface area contributed by atoms with Gasteiger partial charge in [0.05, 0.1) is 28.3 Å². The molecule has 1 saturated heterocycles.